The van der Waals surface area contributed by atoms with Gasteiger partial charge in [0.15, 0.2) is 17.1 Å². The lowest BCUT2D eigenvalue weighted by molar-refractivity contribution is 0.379. The second-order valence-corrected chi connectivity index (χ2v) is 7.15. The van der Waals surface area contributed by atoms with Gasteiger partial charge in [-0.05, 0) is 30.5 Å². The normalized spacial score (nSPS) is 12.4. The lowest BCUT2D eigenvalue weighted by Crippen LogP contribution is -2.36. The number of ether oxygens (including phenoxy) is 1. The van der Waals surface area contributed by atoms with E-state index in [0.717, 1.165) is 15.7 Å². The molecule has 0 aliphatic carbocycles. The third-order valence-corrected chi connectivity index (χ3v) is 4.90. The van der Waals surface area contributed by atoms with Crippen molar-refractivity contribution in [2.45, 2.75) is 32.7 Å². The van der Waals surface area contributed by atoms with Crippen molar-refractivity contribution in [1.29, 1.82) is 0 Å². The summed E-state index contributed by atoms with van der Waals surface area (Å²) >= 11 is 0. The first-order valence-electron chi connectivity index (χ1n) is 9.43. The Balaban J connectivity index is 1.77. The summed E-state index contributed by atoms with van der Waals surface area (Å²) in [6.07, 6.45) is 1.41. The summed E-state index contributed by atoms with van der Waals surface area (Å²) in [5.41, 5.74) is 1.25. The highest BCUT2D eigenvalue weighted by Crippen LogP contribution is 2.25. The van der Waals surface area contributed by atoms with E-state index in [0.29, 0.717) is 11.8 Å². The molecule has 9 heteroatoms. The zero-order chi connectivity index (χ0) is 21.4. The summed E-state index contributed by atoms with van der Waals surface area (Å²) < 4.78 is 16.7. The molecule has 0 aliphatic heterocycles. The van der Waals surface area contributed by atoms with E-state index in [2.05, 4.69) is 29.0 Å². The van der Waals surface area contributed by atoms with Crippen LogP contribution in [0.1, 0.15) is 44.1 Å². The van der Waals surface area contributed by atoms with Crippen LogP contribution in [0.2, 0.25) is 0 Å². The van der Waals surface area contributed by atoms with Gasteiger partial charge in [0.2, 0.25) is 5.58 Å². The average Bonchev–Trinajstić information content (AvgIpc) is 3.24. The summed E-state index contributed by atoms with van der Waals surface area (Å²) in [5, 5.41) is 3.97. The van der Waals surface area contributed by atoms with Gasteiger partial charge in [-0.25, -0.2) is 14.3 Å². The van der Waals surface area contributed by atoms with Gasteiger partial charge >= 0.3 is 5.76 Å². The van der Waals surface area contributed by atoms with Gasteiger partial charge < -0.3 is 13.7 Å². The maximum absolute atomic E-state index is 12.9. The van der Waals surface area contributed by atoms with Gasteiger partial charge in [-0.3, -0.25) is 4.79 Å². The Morgan fingerprint density at radius 3 is 2.67 bits per heavy atom. The molecule has 0 saturated heterocycles. The minimum atomic E-state index is -0.862. The fraction of sp³-hybridized carbons (Fsp3) is 0.286. The third-order valence-electron chi connectivity index (χ3n) is 4.90. The van der Waals surface area contributed by atoms with Gasteiger partial charge in [0.1, 0.15) is 6.04 Å². The molecule has 0 bridgehead atoms. The molecule has 30 heavy (non-hydrogen) atoms. The van der Waals surface area contributed by atoms with E-state index < -0.39 is 17.4 Å². The van der Waals surface area contributed by atoms with Crippen LogP contribution in [-0.4, -0.2) is 26.8 Å². The van der Waals surface area contributed by atoms with Gasteiger partial charge in [-0.2, -0.15) is 4.98 Å². The summed E-state index contributed by atoms with van der Waals surface area (Å²) in [6.45, 7) is 5.80. The molecule has 0 radical (unpaired) electrons. The number of fused-ring (bicyclic) bond motifs is 1. The summed E-state index contributed by atoms with van der Waals surface area (Å²) in [4.78, 5) is 33.9. The minimum absolute atomic E-state index is 0.00208. The van der Waals surface area contributed by atoms with E-state index in [1.807, 2.05) is 24.3 Å². The first kappa shape index (κ1) is 19.6. The fourth-order valence-corrected chi connectivity index (χ4v) is 3.18. The fourth-order valence-electron chi connectivity index (χ4n) is 3.18. The number of hydrogen-bond acceptors (Lipinski definition) is 8. The van der Waals surface area contributed by atoms with Crippen LogP contribution >= 0.6 is 0 Å². The maximum atomic E-state index is 12.9. The second-order valence-electron chi connectivity index (χ2n) is 7.15. The molecule has 0 saturated carbocycles. The Hall–Kier alpha value is -3.75. The molecular formula is C21H20N4O5. The third kappa shape index (κ3) is 3.28. The summed E-state index contributed by atoms with van der Waals surface area (Å²) in [5.74, 6) is 0.214. The Morgan fingerprint density at radius 2 is 1.93 bits per heavy atom. The molecule has 0 N–H and O–H groups in total. The van der Waals surface area contributed by atoms with Crippen molar-refractivity contribution >= 4 is 11.1 Å². The first-order chi connectivity index (χ1) is 14.4. The zero-order valence-electron chi connectivity index (χ0n) is 16.9. The molecule has 3 heterocycles. The molecule has 9 nitrogen and oxygen atoms in total. The van der Waals surface area contributed by atoms with E-state index in [1.54, 1.807) is 6.92 Å². The zero-order valence-corrected chi connectivity index (χ0v) is 16.9. The molecule has 0 aliphatic rings. The quantitative estimate of drug-likeness (QED) is 0.495. The van der Waals surface area contributed by atoms with Crippen LogP contribution in [-0.2, 0) is 0 Å². The summed E-state index contributed by atoms with van der Waals surface area (Å²) in [7, 11) is 1.41. The van der Waals surface area contributed by atoms with Crippen LogP contribution in [0.4, 0.5) is 0 Å². The van der Waals surface area contributed by atoms with Gasteiger partial charge in [-0.1, -0.05) is 31.1 Å². The molecule has 1 aromatic carbocycles. The number of hydrogen-bond donors (Lipinski definition) is 0. The lowest BCUT2D eigenvalue weighted by Gasteiger charge is -2.10. The molecule has 154 valence electrons. The van der Waals surface area contributed by atoms with Crippen molar-refractivity contribution in [3.63, 3.8) is 0 Å². The standard InChI is InChI=1S/C21H20N4O5/c1-11(2)13-6-5-7-14(10-13)19-23-18(24-30-19)12(3)25-20(26)16-17(29-21(25)27)15(28-4)8-9-22-16/h5-12H,1-4H3/t12-/m0/s1. The van der Waals surface area contributed by atoms with Gasteiger partial charge in [0.05, 0.1) is 7.11 Å². The van der Waals surface area contributed by atoms with Crippen LogP contribution in [0.5, 0.6) is 5.75 Å². The Labute approximate surface area is 170 Å². The van der Waals surface area contributed by atoms with Crippen molar-refractivity contribution in [3.05, 3.63) is 68.8 Å². The second kappa shape index (κ2) is 7.58. The predicted octanol–water partition coefficient (Wildman–Crippen LogP) is 3.14. The van der Waals surface area contributed by atoms with Crippen LogP contribution < -0.4 is 16.1 Å². The molecule has 1 atom stereocenters. The number of aromatic nitrogens is 4. The maximum Gasteiger partial charge on any atom is 0.423 e. The Bertz CT molecular complexity index is 1340. The molecule has 0 spiro atoms. The summed E-state index contributed by atoms with van der Waals surface area (Å²) in [6, 6.07) is 8.46. The smallest absolute Gasteiger partial charge is 0.423 e. The number of rotatable bonds is 5. The monoisotopic (exact) mass is 408 g/mol. The van der Waals surface area contributed by atoms with Gasteiger partial charge in [-0.15, -0.1) is 0 Å². The SMILES string of the molecule is COc1ccnc2c(=O)n([C@@H](C)c3noc(-c4cccc(C(C)C)c4)n3)c(=O)oc12. The van der Waals surface area contributed by atoms with Crippen LogP contribution in [0.25, 0.3) is 22.6 Å². The van der Waals surface area contributed by atoms with E-state index in [-0.39, 0.29) is 22.7 Å². The Morgan fingerprint density at radius 1 is 1.13 bits per heavy atom. The molecule has 0 unspecified atom stereocenters. The highest BCUT2D eigenvalue weighted by atomic mass is 16.5. The van der Waals surface area contributed by atoms with Crippen molar-refractivity contribution in [2.75, 3.05) is 7.11 Å². The number of methoxy groups -OCH3 is 1. The highest BCUT2D eigenvalue weighted by molar-refractivity contribution is 5.77. The predicted molar refractivity (Wildman–Crippen MR) is 109 cm³/mol. The lowest BCUT2D eigenvalue weighted by atomic mass is 10.0. The van der Waals surface area contributed by atoms with E-state index >= 15 is 0 Å². The molecule has 4 rings (SSSR count). The number of pyridine rings is 1. The average molecular weight is 408 g/mol. The molecule has 4 aromatic rings. The van der Waals surface area contributed by atoms with Crippen molar-refractivity contribution in [1.82, 2.24) is 19.7 Å². The Kier molecular flexibility index (Phi) is 4.94. The first-order valence-corrected chi connectivity index (χ1v) is 9.43. The van der Waals surface area contributed by atoms with Crippen molar-refractivity contribution < 1.29 is 13.7 Å². The number of nitrogens with zero attached hydrogens (tertiary/aromatic N) is 4. The number of benzene rings is 1. The van der Waals surface area contributed by atoms with Crippen molar-refractivity contribution in [3.8, 4) is 17.2 Å². The van der Waals surface area contributed by atoms with Gasteiger partial charge in [0.25, 0.3) is 11.4 Å². The van der Waals surface area contributed by atoms with E-state index in [4.69, 9.17) is 13.7 Å². The van der Waals surface area contributed by atoms with E-state index in [9.17, 15) is 9.59 Å². The molecule has 0 fully saturated rings. The van der Waals surface area contributed by atoms with Gasteiger partial charge in [0, 0.05) is 17.8 Å². The van der Waals surface area contributed by atoms with Crippen LogP contribution in [0.15, 0.2) is 55.1 Å². The molecule has 3 aromatic heterocycles. The minimum Gasteiger partial charge on any atom is -0.493 e. The van der Waals surface area contributed by atoms with Crippen LogP contribution in [0.3, 0.4) is 0 Å². The highest BCUT2D eigenvalue weighted by Gasteiger charge is 2.23. The largest absolute Gasteiger partial charge is 0.493 e. The molecular weight excluding hydrogens is 388 g/mol. The molecule has 0 amide bonds. The van der Waals surface area contributed by atoms with Crippen molar-refractivity contribution in [2.24, 2.45) is 0 Å². The topological polar surface area (TPSA) is 113 Å². The van der Waals surface area contributed by atoms with Crippen LogP contribution in [0, 0.1) is 0 Å². The van der Waals surface area contributed by atoms with E-state index in [1.165, 1.54) is 19.4 Å².